The molecule has 0 aliphatic heterocycles. The summed E-state index contributed by atoms with van der Waals surface area (Å²) in [7, 11) is 2.09. The molecule has 94 valence electrons. The highest BCUT2D eigenvalue weighted by molar-refractivity contribution is 6.30. The molecule has 0 amide bonds. The molecule has 0 fully saturated rings. The molecule has 19 heavy (non-hydrogen) atoms. The van der Waals surface area contributed by atoms with Gasteiger partial charge in [0.05, 0.1) is 0 Å². The number of hydrogen-bond donors (Lipinski definition) is 0. The van der Waals surface area contributed by atoms with E-state index < -0.39 is 0 Å². The van der Waals surface area contributed by atoms with Gasteiger partial charge in [-0.15, -0.1) is 0 Å². The number of nitrogens with zero attached hydrogens (tertiary/aromatic N) is 1. The van der Waals surface area contributed by atoms with E-state index in [4.69, 9.17) is 11.6 Å². The van der Waals surface area contributed by atoms with Crippen LogP contribution < -0.4 is 0 Å². The van der Waals surface area contributed by atoms with Crippen LogP contribution in [0.25, 0.3) is 22.5 Å². The van der Waals surface area contributed by atoms with Gasteiger partial charge >= 0.3 is 0 Å². The minimum atomic E-state index is 0.765. The first-order valence-corrected chi connectivity index (χ1v) is 6.60. The molecule has 0 radical (unpaired) electrons. The fourth-order valence-electron chi connectivity index (χ4n) is 2.32. The summed E-state index contributed by atoms with van der Waals surface area (Å²) in [6.07, 6.45) is 0. The highest BCUT2D eigenvalue weighted by Crippen LogP contribution is 2.28. The first-order chi connectivity index (χ1) is 9.25. The van der Waals surface area contributed by atoms with Crippen LogP contribution in [0.15, 0.2) is 66.7 Å². The van der Waals surface area contributed by atoms with E-state index in [-0.39, 0.29) is 0 Å². The Bertz CT molecular complexity index is 681. The summed E-state index contributed by atoms with van der Waals surface area (Å²) < 4.78 is 2.21. The van der Waals surface area contributed by atoms with E-state index >= 15 is 0 Å². The van der Waals surface area contributed by atoms with Crippen molar-refractivity contribution in [1.82, 2.24) is 4.57 Å². The smallest absolute Gasteiger partial charge is 0.0482 e. The summed E-state index contributed by atoms with van der Waals surface area (Å²) in [5, 5.41) is 0.765. The Morgan fingerprint density at radius 1 is 0.684 bits per heavy atom. The standard InChI is InChI=1S/C17H14ClN/c1-19-16(13-5-3-2-4-6-13)11-12-17(19)14-7-9-15(18)10-8-14/h2-12H,1H3. The first-order valence-electron chi connectivity index (χ1n) is 6.23. The number of rotatable bonds is 2. The second-order valence-corrected chi connectivity index (χ2v) is 4.97. The highest BCUT2D eigenvalue weighted by atomic mass is 35.5. The summed E-state index contributed by atoms with van der Waals surface area (Å²) in [4.78, 5) is 0. The zero-order valence-electron chi connectivity index (χ0n) is 10.7. The van der Waals surface area contributed by atoms with E-state index in [2.05, 4.69) is 48.0 Å². The molecule has 0 aliphatic carbocycles. The van der Waals surface area contributed by atoms with Crippen molar-refractivity contribution in [3.63, 3.8) is 0 Å². The Morgan fingerprint density at radius 2 is 1.21 bits per heavy atom. The van der Waals surface area contributed by atoms with Gasteiger partial charge in [0.2, 0.25) is 0 Å². The van der Waals surface area contributed by atoms with Crippen LogP contribution in [0, 0.1) is 0 Å². The molecule has 0 aliphatic rings. The molecule has 3 aromatic rings. The van der Waals surface area contributed by atoms with Crippen molar-refractivity contribution >= 4 is 11.6 Å². The summed E-state index contributed by atoms with van der Waals surface area (Å²) >= 11 is 5.93. The van der Waals surface area contributed by atoms with Gasteiger partial charge in [-0.3, -0.25) is 0 Å². The average molecular weight is 268 g/mol. The van der Waals surface area contributed by atoms with Gasteiger partial charge in [-0.2, -0.15) is 0 Å². The maximum atomic E-state index is 5.93. The first kappa shape index (κ1) is 12.1. The molecule has 2 heteroatoms. The molecule has 0 unspecified atom stereocenters. The van der Waals surface area contributed by atoms with Crippen molar-refractivity contribution in [2.45, 2.75) is 0 Å². The number of aromatic nitrogens is 1. The van der Waals surface area contributed by atoms with Crippen molar-refractivity contribution in [2.24, 2.45) is 7.05 Å². The van der Waals surface area contributed by atoms with E-state index in [1.54, 1.807) is 0 Å². The summed E-state index contributed by atoms with van der Waals surface area (Å²) in [6, 6.07) is 22.6. The molecular formula is C17H14ClN. The molecule has 0 spiro atoms. The molecule has 1 nitrogen and oxygen atoms in total. The minimum Gasteiger partial charge on any atom is -0.344 e. The van der Waals surface area contributed by atoms with E-state index in [0.717, 1.165) is 5.02 Å². The van der Waals surface area contributed by atoms with E-state index in [1.165, 1.54) is 22.5 Å². The molecule has 0 atom stereocenters. The van der Waals surface area contributed by atoms with Crippen molar-refractivity contribution in [2.75, 3.05) is 0 Å². The van der Waals surface area contributed by atoms with Gasteiger partial charge < -0.3 is 4.57 Å². The van der Waals surface area contributed by atoms with Gasteiger partial charge in [0.1, 0.15) is 0 Å². The Labute approximate surface area is 118 Å². The molecule has 0 N–H and O–H groups in total. The molecular weight excluding hydrogens is 254 g/mol. The van der Waals surface area contributed by atoms with Gasteiger partial charge in [0.15, 0.2) is 0 Å². The summed E-state index contributed by atoms with van der Waals surface area (Å²) in [6.45, 7) is 0. The SMILES string of the molecule is Cn1c(-c2ccccc2)ccc1-c1ccc(Cl)cc1. The molecule has 2 aromatic carbocycles. The van der Waals surface area contributed by atoms with Crippen molar-refractivity contribution < 1.29 is 0 Å². The Hall–Kier alpha value is -1.99. The summed E-state index contributed by atoms with van der Waals surface area (Å²) in [5.41, 5.74) is 4.81. The second kappa shape index (κ2) is 4.94. The maximum absolute atomic E-state index is 5.93. The normalized spacial score (nSPS) is 10.6. The molecule has 0 bridgehead atoms. The Balaban J connectivity index is 2.06. The van der Waals surface area contributed by atoms with Crippen LogP contribution in [0.4, 0.5) is 0 Å². The van der Waals surface area contributed by atoms with Gasteiger partial charge in [-0.25, -0.2) is 0 Å². The molecule has 1 aromatic heterocycles. The largest absolute Gasteiger partial charge is 0.344 e. The van der Waals surface area contributed by atoms with Gasteiger partial charge in [0.25, 0.3) is 0 Å². The van der Waals surface area contributed by atoms with E-state index in [9.17, 15) is 0 Å². The zero-order chi connectivity index (χ0) is 13.2. The van der Waals surface area contributed by atoms with E-state index in [1.807, 2.05) is 30.3 Å². The van der Waals surface area contributed by atoms with Crippen LogP contribution in [0.3, 0.4) is 0 Å². The number of halogens is 1. The van der Waals surface area contributed by atoms with Crippen LogP contribution >= 0.6 is 11.6 Å². The molecule has 3 rings (SSSR count). The van der Waals surface area contributed by atoms with Crippen LogP contribution in [0.2, 0.25) is 5.02 Å². The van der Waals surface area contributed by atoms with Crippen molar-refractivity contribution in [3.05, 3.63) is 71.8 Å². The lowest BCUT2D eigenvalue weighted by Gasteiger charge is -2.08. The van der Waals surface area contributed by atoms with Crippen LogP contribution in [-0.2, 0) is 7.05 Å². The highest BCUT2D eigenvalue weighted by Gasteiger charge is 2.08. The fourth-order valence-corrected chi connectivity index (χ4v) is 2.45. The predicted molar refractivity (Wildman–Crippen MR) is 81.3 cm³/mol. The third-order valence-electron chi connectivity index (χ3n) is 3.33. The van der Waals surface area contributed by atoms with Gasteiger partial charge in [-0.05, 0) is 35.4 Å². The molecule has 1 heterocycles. The van der Waals surface area contributed by atoms with Crippen molar-refractivity contribution in [1.29, 1.82) is 0 Å². The molecule has 0 saturated carbocycles. The quantitative estimate of drug-likeness (QED) is 0.615. The average Bonchev–Trinajstić information content (AvgIpc) is 2.83. The van der Waals surface area contributed by atoms with Gasteiger partial charge in [0, 0.05) is 23.5 Å². The number of benzene rings is 2. The van der Waals surface area contributed by atoms with Crippen LogP contribution in [-0.4, -0.2) is 4.57 Å². The maximum Gasteiger partial charge on any atom is 0.0482 e. The lowest BCUT2D eigenvalue weighted by molar-refractivity contribution is 0.946. The van der Waals surface area contributed by atoms with Crippen LogP contribution in [0.5, 0.6) is 0 Å². The van der Waals surface area contributed by atoms with E-state index in [0.29, 0.717) is 0 Å². The third-order valence-corrected chi connectivity index (χ3v) is 3.58. The lowest BCUT2D eigenvalue weighted by atomic mass is 10.1. The Kier molecular flexibility index (Phi) is 3.14. The second-order valence-electron chi connectivity index (χ2n) is 4.54. The van der Waals surface area contributed by atoms with Crippen molar-refractivity contribution in [3.8, 4) is 22.5 Å². The minimum absolute atomic E-state index is 0.765. The summed E-state index contributed by atoms with van der Waals surface area (Å²) in [5.74, 6) is 0. The fraction of sp³-hybridized carbons (Fsp3) is 0.0588. The molecule has 0 saturated heterocycles. The zero-order valence-corrected chi connectivity index (χ0v) is 11.4. The predicted octanol–water partition coefficient (Wildman–Crippen LogP) is 5.01. The monoisotopic (exact) mass is 267 g/mol. The van der Waals surface area contributed by atoms with Gasteiger partial charge in [-0.1, -0.05) is 54.1 Å². The topological polar surface area (TPSA) is 4.93 Å². The third kappa shape index (κ3) is 2.29. The lowest BCUT2D eigenvalue weighted by Crippen LogP contribution is -1.94. The number of hydrogen-bond acceptors (Lipinski definition) is 0. The van der Waals surface area contributed by atoms with Crippen LogP contribution in [0.1, 0.15) is 0 Å². The Morgan fingerprint density at radius 3 is 1.79 bits per heavy atom.